The van der Waals surface area contributed by atoms with Gasteiger partial charge in [-0.2, -0.15) is 0 Å². The molecule has 0 aliphatic carbocycles. The first kappa shape index (κ1) is 25.8. The van der Waals surface area contributed by atoms with E-state index >= 15 is 0 Å². The summed E-state index contributed by atoms with van der Waals surface area (Å²) in [6, 6.07) is 0. The normalized spacial score (nSPS) is 11.3. The maximum atomic E-state index is 7.87. The second-order valence-electron chi connectivity index (χ2n) is 7.08. The average molecular weight is 423 g/mol. The minimum absolute atomic E-state index is 0.911. The summed E-state index contributed by atoms with van der Waals surface area (Å²) in [5.41, 5.74) is -3.11. The molecule has 0 bridgehead atoms. The van der Waals surface area contributed by atoms with Gasteiger partial charge in [-0.15, -0.1) is 0 Å². The van der Waals surface area contributed by atoms with Crippen molar-refractivity contribution in [3.05, 3.63) is 0 Å². The van der Waals surface area contributed by atoms with Crippen molar-refractivity contribution >= 4 is 29.7 Å². The van der Waals surface area contributed by atoms with Crippen LogP contribution in [0.15, 0.2) is 0 Å². The molecule has 0 unspecified atom stereocenters. The monoisotopic (exact) mass is 421 g/mol. The summed E-state index contributed by atoms with van der Waals surface area (Å²) < 4.78 is 0. The molecule has 133 valence electrons. The van der Waals surface area contributed by atoms with Gasteiger partial charge in [-0.1, -0.05) is 12.2 Å². The summed E-state index contributed by atoms with van der Waals surface area (Å²) in [7, 11) is 0. The molecule has 0 aromatic carbocycles. The molecular formula is C16H38O2PS2Zn. The quantitative estimate of drug-likeness (QED) is 0.140. The van der Waals surface area contributed by atoms with E-state index in [2.05, 4.69) is 51.8 Å². The van der Waals surface area contributed by atoms with Gasteiger partial charge in [0.25, 0.3) is 0 Å². The third-order valence-electron chi connectivity index (χ3n) is 4.24. The summed E-state index contributed by atoms with van der Waals surface area (Å²) in [5, 5.41) is 5.10. The third-order valence-corrected chi connectivity index (χ3v) is 13.7. The summed E-state index contributed by atoms with van der Waals surface area (Å²) in [6.45, 7) is 9.41. The van der Waals surface area contributed by atoms with Crippen LogP contribution < -0.4 is 0 Å². The average Bonchev–Trinajstić information content (AvgIpc) is 2.38. The van der Waals surface area contributed by atoms with Gasteiger partial charge in [0.1, 0.15) is 0 Å². The van der Waals surface area contributed by atoms with Gasteiger partial charge in [0.2, 0.25) is 5.69 Å². The molecule has 0 heterocycles. The Kier molecular flexibility index (Phi) is 20.4. The standard InChI is InChI=1S/C8H17.2C4H9.H3O2PS2.Zn/c1-4-5-6-7-8(2)3;2*1-3-4-2;1-3(2,4)5;/h8H,1,4-7H2,2-3H3;2*1,3-4H2,2H3;(H3,1,2,4,5);. The van der Waals surface area contributed by atoms with Gasteiger partial charge in [0, 0.05) is 0 Å². The Bertz CT molecular complexity index is 257. The second-order valence-corrected chi connectivity index (χ2v) is 21.0. The summed E-state index contributed by atoms with van der Waals surface area (Å²) >= 11 is 6.05. The molecule has 0 saturated heterocycles. The van der Waals surface area contributed by atoms with Crippen LogP contribution >= 0.6 is 17.9 Å². The molecule has 6 heteroatoms. The van der Waals surface area contributed by atoms with Crippen molar-refractivity contribution in [2.45, 2.75) is 94.1 Å². The number of unbranched alkanes of at least 4 members (excludes halogenated alkanes) is 4. The summed E-state index contributed by atoms with van der Waals surface area (Å²) in [6.07, 6.45) is 11.9. The molecule has 0 spiro atoms. The van der Waals surface area contributed by atoms with E-state index in [1.54, 1.807) is 21.5 Å². The molecule has 2 N–H and O–H groups in total. The maximum absolute atomic E-state index is 7.87. The summed E-state index contributed by atoms with van der Waals surface area (Å²) in [4.78, 5) is 15.7. The van der Waals surface area contributed by atoms with E-state index in [1.807, 2.05) is 0 Å². The Morgan fingerprint density at radius 1 is 0.909 bits per heavy atom. The minimum atomic E-state index is -3.11. The van der Waals surface area contributed by atoms with Crippen LogP contribution in [-0.4, -0.2) is 9.79 Å². The Morgan fingerprint density at radius 3 is 1.68 bits per heavy atom. The predicted octanol–water partition coefficient (Wildman–Crippen LogP) is 6.80. The van der Waals surface area contributed by atoms with E-state index in [1.165, 1.54) is 44.9 Å². The van der Waals surface area contributed by atoms with Crippen molar-refractivity contribution in [3.63, 3.8) is 0 Å². The molecule has 0 radical (unpaired) electrons. The van der Waals surface area contributed by atoms with Crippen molar-refractivity contribution < 1.29 is 25.7 Å². The largest absolute Gasteiger partial charge is 0.338 e. The Hall–Kier alpha value is 1.54. The van der Waals surface area contributed by atoms with Gasteiger partial charge in [0.05, 0.1) is 0 Å². The van der Waals surface area contributed by atoms with Crippen LogP contribution in [-0.2, 0) is 27.8 Å². The zero-order valence-electron chi connectivity index (χ0n) is 15.3. The maximum Gasteiger partial charge on any atom is 0.239 e. The minimum Gasteiger partial charge on any atom is -0.338 e. The van der Waals surface area contributed by atoms with Gasteiger partial charge >= 0.3 is 116 Å². The molecule has 0 aliphatic heterocycles. The molecule has 0 aromatic heterocycles. The zero-order valence-corrected chi connectivity index (χ0v) is 20.8. The van der Waals surface area contributed by atoms with Crippen molar-refractivity contribution in [1.29, 1.82) is 0 Å². The fourth-order valence-electron chi connectivity index (χ4n) is 3.00. The molecule has 0 aromatic rings. The van der Waals surface area contributed by atoms with Crippen LogP contribution in [0.4, 0.5) is 0 Å². The Labute approximate surface area is 155 Å². The van der Waals surface area contributed by atoms with E-state index in [9.17, 15) is 0 Å². The smallest absolute Gasteiger partial charge is 0.239 e. The van der Waals surface area contributed by atoms with Gasteiger partial charge in [-0.05, 0) is 11.8 Å². The topological polar surface area (TPSA) is 40.5 Å². The fraction of sp³-hybridized carbons (Fsp3) is 1.00. The second kappa shape index (κ2) is 17.4. The van der Waals surface area contributed by atoms with Gasteiger partial charge in [-0.25, -0.2) is 0 Å². The van der Waals surface area contributed by atoms with Crippen LogP contribution in [0.1, 0.15) is 79.1 Å². The van der Waals surface area contributed by atoms with Crippen LogP contribution in [0, 0.1) is 5.92 Å². The van der Waals surface area contributed by atoms with Gasteiger partial charge in [-0.3, -0.25) is 0 Å². The molecule has 0 rings (SSSR count). The van der Waals surface area contributed by atoms with Crippen LogP contribution in [0.2, 0.25) is 15.0 Å². The van der Waals surface area contributed by atoms with Crippen LogP contribution in [0.5, 0.6) is 0 Å². The molecule has 0 fully saturated rings. The van der Waals surface area contributed by atoms with Crippen molar-refractivity contribution in [2.75, 3.05) is 0 Å². The molecule has 0 aliphatic rings. The molecule has 0 amide bonds. The third kappa shape index (κ3) is 29.5. The number of rotatable bonds is 12. The summed E-state index contributed by atoms with van der Waals surface area (Å²) in [5.74, 6) is 0.911. The number of hydrogen-bond acceptors (Lipinski definition) is 1. The first-order valence-electron chi connectivity index (χ1n) is 9.26. The zero-order chi connectivity index (χ0) is 17.4. The van der Waals surface area contributed by atoms with Crippen molar-refractivity contribution in [3.8, 4) is 0 Å². The van der Waals surface area contributed by atoms with Gasteiger partial charge < -0.3 is 9.79 Å². The van der Waals surface area contributed by atoms with E-state index in [0.29, 0.717) is 0 Å². The van der Waals surface area contributed by atoms with Crippen molar-refractivity contribution in [2.24, 2.45) is 5.92 Å². The van der Waals surface area contributed by atoms with E-state index < -0.39 is 21.6 Å². The van der Waals surface area contributed by atoms with Crippen LogP contribution in [0.3, 0.4) is 0 Å². The fourth-order valence-corrected chi connectivity index (χ4v) is 12.5. The molecule has 0 saturated carbocycles. The van der Waals surface area contributed by atoms with E-state index in [0.717, 1.165) is 5.92 Å². The molecule has 22 heavy (non-hydrogen) atoms. The first-order chi connectivity index (χ1) is 10.2. The van der Waals surface area contributed by atoms with E-state index in [-0.39, 0.29) is 0 Å². The predicted molar refractivity (Wildman–Crippen MR) is 105 cm³/mol. The Morgan fingerprint density at radius 2 is 1.32 bits per heavy atom. The van der Waals surface area contributed by atoms with Crippen molar-refractivity contribution in [1.82, 2.24) is 0 Å². The molecule has 2 nitrogen and oxygen atoms in total. The van der Waals surface area contributed by atoms with Gasteiger partial charge in [0.15, 0.2) is 0 Å². The van der Waals surface area contributed by atoms with Crippen LogP contribution in [0.25, 0.3) is 0 Å². The van der Waals surface area contributed by atoms with E-state index in [4.69, 9.17) is 9.79 Å². The number of hydrogen-bond donors (Lipinski definition) is 3. The molecule has 0 atom stereocenters. The Balaban J connectivity index is 0. The molecular weight excluding hydrogens is 385 g/mol. The first-order valence-corrected chi connectivity index (χ1v) is 19.4. The SMILES string of the molecule is CCC[CH2][Zn]([CH2]CCC)[CH2]CCCCC(C)C.OP(O)(=S)S. The number of thiol groups is 1.